The van der Waals surface area contributed by atoms with Crippen LogP contribution >= 0.6 is 11.3 Å². The van der Waals surface area contributed by atoms with Gasteiger partial charge in [-0.25, -0.2) is 0 Å². The summed E-state index contributed by atoms with van der Waals surface area (Å²) in [5.41, 5.74) is 4.07. The Morgan fingerprint density at radius 2 is 1.63 bits per heavy atom. The topological polar surface area (TPSA) is 25.2 Å². The molecule has 0 radical (unpaired) electrons. The van der Waals surface area contributed by atoms with Gasteiger partial charge in [0.25, 0.3) is 0 Å². The number of rotatable bonds is 11. The lowest BCUT2D eigenvalue weighted by Gasteiger charge is -2.10. The fourth-order valence-electron chi connectivity index (χ4n) is 3.54. The zero-order chi connectivity index (χ0) is 18.9. The van der Waals surface area contributed by atoms with Crippen LogP contribution in [0.15, 0.2) is 54.7 Å². The molecular weight excluding hydrogens is 350 g/mol. The standard InChI is InChI=1S/C24H31NOS/c1-2-3-4-5-8-20-12-14-22(15-13-20)25-18-7-10-21(25)9-6-11-23-16-17-24(19-26)27-23/h7,10,12-18,26H,2-6,8-9,11,19H2,1H3. The van der Waals surface area contributed by atoms with Crippen molar-refractivity contribution in [3.63, 3.8) is 0 Å². The van der Waals surface area contributed by atoms with Gasteiger partial charge in [-0.3, -0.25) is 0 Å². The summed E-state index contributed by atoms with van der Waals surface area (Å²) in [7, 11) is 0. The van der Waals surface area contributed by atoms with Crippen molar-refractivity contribution < 1.29 is 5.11 Å². The Kier molecular flexibility index (Phi) is 7.73. The molecule has 0 saturated heterocycles. The molecule has 0 saturated carbocycles. The third-order valence-electron chi connectivity index (χ3n) is 5.10. The van der Waals surface area contributed by atoms with E-state index in [-0.39, 0.29) is 6.61 Å². The van der Waals surface area contributed by atoms with Gasteiger partial charge in [0.2, 0.25) is 0 Å². The molecule has 0 aliphatic carbocycles. The van der Waals surface area contributed by atoms with Crippen LogP contribution in [0.5, 0.6) is 0 Å². The van der Waals surface area contributed by atoms with Crippen molar-refractivity contribution in [1.29, 1.82) is 0 Å². The van der Waals surface area contributed by atoms with Crippen LogP contribution in [0.1, 0.15) is 60.0 Å². The highest BCUT2D eigenvalue weighted by Crippen LogP contribution is 2.20. The number of benzene rings is 1. The number of thiophene rings is 1. The first kappa shape index (κ1) is 19.9. The van der Waals surface area contributed by atoms with E-state index < -0.39 is 0 Å². The van der Waals surface area contributed by atoms with Crippen LogP contribution in [-0.4, -0.2) is 9.67 Å². The number of hydrogen-bond donors (Lipinski definition) is 1. The summed E-state index contributed by atoms with van der Waals surface area (Å²) < 4.78 is 2.31. The van der Waals surface area contributed by atoms with Gasteiger partial charge in [0.05, 0.1) is 6.61 Å². The van der Waals surface area contributed by atoms with Gasteiger partial charge in [-0.05, 0) is 74.1 Å². The fourth-order valence-corrected chi connectivity index (χ4v) is 4.46. The number of nitrogens with zero attached hydrogens (tertiary/aromatic N) is 1. The third kappa shape index (κ3) is 5.82. The molecule has 1 N–H and O–H groups in total. The number of aliphatic hydroxyl groups is 1. The molecule has 2 nitrogen and oxygen atoms in total. The van der Waals surface area contributed by atoms with Crippen LogP contribution in [0.3, 0.4) is 0 Å². The molecule has 0 fully saturated rings. The Hall–Kier alpha value is -1.84. The average Bonchev–Trinajstić information content (AvgIpc) is 3.35. The van der Waals surface area contributed by atoms with E-state index in [0.717, 1.165) is 24.1 Å². The molecule has 0 bridgehead atoms. The van der Waals surface area contributed by atoms with E-state index in [9.17, 15) is 5.11 Å². The largest absolute Gasteiger partial charge is 0.391 e. The normalized spacial score (nSPS) is 11.2. The summed E-state index contributed by atoms with van der Waals surface area (Å²) in [4.78, 5) is 2.42. The van der Waals surface area contributed by atoms with Gasteiger partial charge in [0, 0.05) is 27.3 Å². The Balaban J connectivity index is 1.54. The van der Waals surface area contributed by atoms with Crippen LogP contribution in [0.25, 0.3) is 5.69 Å². The Morgan fingerprint density at radius 3 is 2.37 bits per heavy atom. The summed E-state index contributed by atoms with van der Waals surface area (Å²) in [6.45, 7) is 2.42. The number of aryl methyl sites for hydroxylation is 3. The molecule has 3 rings (SSSR count). The molecule has 0 amide bonds. The summed E-state index contributed by atoms with van der Waals surface area (Å²) in [5.74, 6) is 0. The Morgan fingerprint density at radius 1 is 0.815 bits per heavy atom. The van der Waals surface area contributed by atoms with Crippen LogP contribution in [-0.2, 0) is 25.9 Å². The van der Waals surface area contributed by atoms with E-state index in [1.54, 1.807) is 11.3 Å². The minimum absolute atomic E-state index is 0.155. The Bertz CT molecular complexity index is 800. The van der Waals surface area contributed by atoms with E-state index >= 15 is 0 Å². The van der Waals surface area contributed by atoms with E-state index in [0.29, 0.717) is 0 Å². The van der Waals surface area contributed by atoms with Crippen molar-refractivity contribution in [3.8, 4) is 5.69 Å². The maximum absolute atomic E-state index is 9.19. The maximum atomic E-state index is 9.19. The van der Waals surface area contributed by atoms with Crippen molar-refractivity contribution in [2.75, 3.05) is 0 Å². The van der Waals surface area contributed by atoms with Crippen molar-refractivity contribution >= 4 is 11.3 Å². The van der Waals surface area contributed by atoms with Crippen molar-refractivity contribution in [2.45, 2.75) is 64.9 Å². The molecule has 1 aromatic carbocycles. The fraction of sp³-hybridized carbons (Fsp3) is 0.417. The lowest BCUT2D eigenvalue weighted by Crippen LogP contribution is -2.00. The molecule has 3 heteroatoms. The SMILES string of the molecule is CCCCCCc1ccc(-n2cccc2CCCc2ccc(CO)s2)cc1. The summed E-state index contributed by atoms with van der Waals surface area (Å²) >= 11 is 1.72. The van der Waals surface area contributed by atoms with Crippen LogP contribution in [0.4, 0.5) is 0 Å². The molecule has 27 heavy (non-hydrogen) atoms. The maximum Gasteiger partial charge on any atom is 0.0774 e. The van der Waals surface area contributed by atoms with Gasteiger partial charge in [-0.2, -0.15) is 0 Å². The monoisotopic (exact) mass is 381 g/mol. The lowest BCUT2D eigenvalue weighted by atomic mass is 10.1. The second kappa shape index (κ2) is 10.5. The van der Waals surface area contributed by atoms with Crippen LogP contribution in [0, 0.1) is 0 Å². The van der Waals surface area contributed by atoms with E-state index in [4.69, 9.17) is 0 Å². The molecule has 0 unspecified atom stereocenters. The van der Waals surface area contributed by atoms with Crippen molar-refractivity contribution in [2.24, 2.45) is 0 Å². The van der Waals surface area contributed by atoms with Crippen LogP contribution < -0.4 is 0 Å². The summed E-state index contributed by atoms with van der Waals surface area (Å²) in [5, 5.41) is 9.19. The first-order valence-electron chi connectivity index (χ1n) is 10.2. The third-order valence-corrected chi connectivity index (χ3v) is 6.23. The highest BCUT2D eigenvalue weighted by Gasteiger charge is 2.05. The number of aromatic nitrogens is 1. The minimum Gasteiger partial charge on any atom is -0.391 e. The number of unbranched alkanes of at least 4 members (excludes halogenated alkanes) is 3. The number of hydrogen-bond acceptors (Lipinski definition) is 2. The zero-order valence-electron chi connectivity index (χ0n) is 16.4. The van der Waals surface area contributed by atoms with E-state index in [1.165, 1.54) is 53.9 Å². The highest BCUT2D eigenvalue weighted by atomic mass is 32.1. The molecule has 2 aromatic heterocycles. The summed E-state index contributed by atoms with van der Waals surface area (Å²) in [6.07, 6.45) is 11.9. The average molecular weight is 382 g/mol. The van der Waals surface area contributed by atoms with Gasteiger partial charge < -0.3 is 9.67 Å². The van der Waals surface area contributed by atoms with Crippen molar-refractivity contribution in [1.82, 2.24) is 4.57 Å². The van der Waals surface area contributed by atoms with Gasteiger partial charge in [0.15, 0.2) is 0 Å². The first-order valence-corrected chi connectivity index (χ1v) is 11.1. The number of aliphatic hydroxyl groups excluding tert-OH is 1. The van der Waals surface area contributed by atoms with E-state index in [2.05, 4.69) is 60.2 Å². The van der Waals surface area contributed by atoms with E-state index in [1.807, 2.05) is 6.07 Å². The quantitative estimate of drug-likeness (QED) is 0.386. The van der Waals surface area contributed by atoms with Gasteiger partial charge in [-0.1, -0.05) is 38.3 Å². The highest BCUT2D eigenvalue weighted by molar-refractivity contribution is 7.11. The van der Waals surface area contributed by atoms with Gasteiger partial charge >= 0.3 is 0 Å². The smallest absolute Gasteiger partial charge is 0.0774 e. The van der Waals surface area contributed by atoms with Crippen molar-refractivity contribution in [3.05, 3.63) is 75.7 Å². The predicted molar refractivity (Wildman–Crippen MR) is 116 cm³/mol. The molecule has 3 aromatic rings. The lowest BCUT2D eigenvalue weighted by molar-refractivity contribution is 0.285. The van der Waals surface area contributed by atoms with Crippen LogP contribution in [0.2, 0.25) is 0 Å². The molecule has 2 heterocycles. The second-order valence-electron chi connectivity index (χ2n) is 7.23. The molecule has 0 aliphatic heterocycles. The second-order valence-corrected chi connectivity index (χ2v) is 8.48. The Labute approximate surface area is 167 Å². The molecule has 0 spiro atoms. The molecule has 0 atom stereocenters. The molecule has 144 valence electrons. The molecular formula is C24H31NOS. The minimum atomic E-state index is 0.155. The zero-order valence-corrected chi connectivity index (χ0v) is 17.2. The van der Waals surface area contributed by atoms with Gasteiger partial charge in [0.1, 0.15) is 0 Å². The summed E-state index contributed by atoms with van der Waals surface area (Å²) in [6, 6.07) is 17.6. The molecule has 0 aliphatic rings. The first-order chi connectivity index (χ1) is 13.3. The predicted octanol–water partition coefficient (Wildman–Crippen LogP) is 6.33. The van der Waals surface area contributed by atoms with Gasteiger partial charge in [-0.15, -0.1) is 11.3 Å².